The molecule has 0 spiro atoms. The van der Waals surface area contributed by atoms with Crippen LogP contribution in [0.3, 0.4) is 0 Å². The number of carbonyl (C=O) groups excluding carboxylic acids is 1. The number of hydrogen-bond donors (Lipinski definition) is 1. The molecule has 0 aliphatic rings. The van der Waals surface area contributed by atoms with Crippen LogP contribution in [0.4, 0.5) is 8.78 Å². The molecule has 0 radical (unpaired) electrons. The molecule has 19 heavy (non-hydrogen) atoms. The van der Waals surface area contributed by atoms with Crippen molar-refractivity contribution in [3.63, 3.8) is 0 Å². The number of rotatable bonds is 5. The first kappa shape index (κ1) is 15.6. The van der Waals surface area contributed by atoms with E-state index in [2.05, 4.69) is 5.32 Å². The Kier molecular flexibility index (Phi) is 5.42. The highest BCUT2D eigenvalue weighted by Crippen LogP contribution is 2.19. The Morgan fingerprint density at radius 1 is 1.37 bits per heavy atom. The highest BCUT2D eigenvalue weighted by Gasteiger charge is 2.15. The topological polar surface area (TPSA) is 38.3 Å². The minimum atomic E-state index is -2.48. The molecule has 1 aromatic rings. The van der Waals surface area contributed by atoms with E-state index in [4.69, 9.17) is 4.74 Å². The fourth-order valence-corrected chi connectivity index (χ4v) is 1.53. The van der Waals surface area contributed by atoms with Gasteiger partial charge in [-0.2, -0.15) is 0 Å². The first-order valence-corrected chi connectivity index (χ1v) is 6.07. The summed E-state index contributed by atoms with van der Waals surface area (Å²) in [5.41, 5.74) is 0.173. The molecule has 0 aliphatic carbocycles. The van der Waals surface area contributed by atoms with Gasteiger partial charge in [0.25, 0.3) is 6.43 Å². The van der Waals surface area contributed by atoms with E-state index in [9.17, 15) is 13.6 Å². The van der Waals surface area contributed by atoms with E-state index in [1.165, 1.54) is 12.1 Å². The highest BCUT2D eigenvalue weighted by molar-refractivity contribution is 5.72. The Balaban J connectivity index is 2.41. The minimum absolute atomic E-state index is 0.0171. The van der Waals surface area contributed by atoms with Gasteiger partial charge in [-0.15, -0.1) is 0 Å². The third-order valence-corrected chi connectivity index (χ3v) is 2.22. The van der Waals surface area contributed by atoms with Gasteiger partial charge in [0.2, 0.25) is 0 Å². The fraction of sp³-hybridized carbons (Fsp3) is 0.500. The number of hydrogen-bond acceptors (Lipinski definition) is 3. The van der Waals surface area contributed by atoms with Crippen LogP contribution in [0.15, 0.2) is 24.3 Å². The summed E-state index contributed by atoms with van der Waals surface area (Å²) in [6, 6.07) is 6.11. The van der Waals surface area contributed by atoms with Crippen LogP contribution in [0, 0.1) is 0 Å². The van der Waals surface area contributed by atoms with E-state index in [-0.39, 0.29) is 18.1 Å². The monoisotopic (exact) mass is 271 g/mol. The summed E-state index contributed by atoms with van der Waals surface area (Å²) in [5.74, 6) is -0.363. The van der Waals surface area contributed by atoms with E-state index >= 15 is 0 Å². The summed E-state index contributed by atoms with van der Waals surface area (Å²) in [5, 5.41) is 2.87. The van der Waals surface area contributed by atoms with E-state index in [0.29, 0.717) is 12.1 Å². The van der Waals surface area contributed by atoms with E-state index in [0.717, 1.165) is 0 Å². The van der Waals surface area contributed by atoms with Gasteiger partial charge in [-0.3, -0.25) is 4.79 Å². The SMILES string of the molecule is CC(C)(C)OC(=O)CNCc1cccc(C(F)F)c1. The fourth-order valence-electron chi connectivity index (χ4n) is 1.53. The summed E-state index contributed by atoms with van der Waals surface area (Å²) >= 11 is 0. The van der Waals surface area contributed by atoms with Crippen LogP contribution >= 0.6 is 0 Å². The van der Waals surface area contributed by atoms with E-state index in [1.54, 1.807) is 32.9 Å². The van der Waals surface area contributed by atoms with Crippen LogP contribution in [0.1, 0.15) is 38.3 Å². The summed E-state index contributed by atoms with van der Waals surface area (Å²) in [7, 11) is 0. The molecule has 0 saturated heterocycles. The predicted octanol–water partition coefficient (Wildman–Crippen LogP) is 3.06. The number of halogens is 2. The summed E-state index contributed by atoms with van der Waals surface area (Å²) in [4.78, 5) is 11.4. The Morgan fingerprint density at radius 2 is 2.05 bits per heavy atom. The average Bonchev–Trinajstić information content (AvgIpc) is 2.27. The first-order chi connectivity index (χ1) is 8.78. The normalized spacial score (nSPS) is 11.7. The minimum Gasteiger partial charge on any atom is -0.459 e. The van der Waals surface area contributed by atoms with Gasteiger partial charge in [-0.25, -0.2) is 8.78 Å². The number of esters is 1. The zero-order valence-corrected chi connectivity index (χ0v) is 11.4. The van der Waals surface area contributed by atoms with Gasteiger partial charge in [-0.1, -0.05) is 18.2 Å². The lowest BCUT2D eigenvalue weighted by Gasteiger charge is -2.19. The molecule has 0 saturated carbocycles. The zero-order chi connectivity index (χ0) is 14.5. The summed E-state index contributed by atoms with van der Waals surface area (Å²) < 4.78 is 30.1. The number of benzene rings is 1. The number of alkyl halides is 2. The van der Waals surface area contributed by atoms with Gasteiger partial charge in [0.15, 0.2) is 0 Å². The molecule has 5 heteroatoms. The van der Waals surface area contributed by atoms with Gasteiger partial charge < -0.3 is 10.1 Å². The second kappa shape index (κ2) is 6.61. The lowest BCUT2D eigenvalue weighted by molar-refractivity contribution is -0.153. The van der Waals surface area contributed by atoms with Gasteiger partial charge in [-0.05, 0) is 32.4 Å². The maximum absolute atomic E-state index is 12.5. The van der Waals surface area contributed by atoms with Gasteiger partial charge in [0.1, 0.15) is 5.60 Å². The number of carbonyl (C=O) groups is 1. The standard InChI is InChI=1S/C14H19F2NO2/c1-14(2,3)19-12(18)9-17-8-10-5-4-6-11(7-10)13(15)16/h4-7,13,17H,8-9H2,1-3H3. The molecule has 0 fully saturated rings. The Bertz CT molecular complexity index is 428. The zero-order valence-electron chi connectivity index (χ0n) is 11.4. The van der Waals surface area contributed by atoms with Gasteiger partial charge in [0.05, 0.1) is 6.54 Å². The maximum atomic E-state index is 12.5. The van der Waals surface area contributed by atoms with Crippen molar-refractivity contribution >= 4 is 5.97 Å². The van der Waals surface area contributed by atoms with Gasteiger partial charge >= 0.3 is 5.97 Å². The molecule has 1 rings (SSSR count). The van der Waals surface area contributed by atoms with Crippen molar-refractivity contribution in [3.8, 4) is 0 Å². The lowest BCUT2D eigenvalue weighted by Crippen LogP contribution is -2.31. The third kappa shape index (κ3) is 6.29. The maximum Gasteiger partial charge on any atom is 0.320 e. The Hall–Kier alpha value is -1.49. The van der Waals surface area contributed by atoms with Crippen LogP contribution in [0.2, 0.25) is 0 Å². The molecule has 0 aromatic heterocycles. The third-order valence-electron chi connectivity index (χ3n) is 2.22. The van der Waals surface area contributed by atoms with Crippen LogP contribution < -0.4 is 5.32 Å². The van der Waals surface area contributed by atoms with Crippen LogP contribution in [-0.2, 0) is 16.1 Å². The quantitative estimate of drug-likeness (QED) is 0.836. The molecule has 106 valence electrons. The van der Waals surface area contributed by atoms with Gasteiger partial charge in [0, 0.05) is 12.1 Å². The van der Waals surface area contributed by atoms with E-state index < -0.39 is 12.0 Å². The lowest BCUT2D eigenvalue weighted by atomic mass is 10.1. The van der Waals surface area contributed by atoms with Crippen LogP contribution in [-0.4, -0.2) is 18.1 Å². The average molecular weight is 271 g/mol. The smallest absolute Gasteiger partial charge is 0.320 e. The Labute approximate surface area is 112 Å². The summed E-state index contributed by atoms with van der Waals surface area (Å²) in [6.45, 7) is 5.76. The molecule has 0 atom stereocenters. The highest BCUT2D eigenvalue weighted by atomic mass is 19.3. The van der Waals surface area contributed by atoms with Crippen molar-refractivity contribution in [2.45, 2.75) is 39.3 Å². The van der Waals surface area contributed by atoms with Crippen LogP contribution in [0.5, 0.6) is 0 Å². The molecule has 3 nitrogen and oxygen atoms in total. The Morgan fingerprint density at radius 3 is 2.63 bits per heavy atom. The van der Waals surface area contributed by atoms with Crippen molar-refractivity contribution in [2.75, 3.05) is 6.54 Å². The molecule has 0 heterocycles. The molecular formula is C14H19F2NO2. The van der Waals surface area contributed by atoms with Crippen molar-refractivity contribution in [2.24, 2.45) is 0 Å². The van der Waals surface area contributed by atoms with E-state index in [1.807, 2.05) is 0 Å². The predicted molar refractivity (Wildman–Crippen MR) is 69.0 cm³/mol. The molecule has 0 unspecified atom stereocenters. The number of nitrogens with one attached hydrogen (secondary N) is 1. The van der Waals surface area contributed by atoms with Crippen molar-refractivity contribution in [3.05, 3.63) is 35.4 Å². The van der Waals surface area contributed by atoms with Crippen molar-refractivity contribution in [1.29, 1.82) is 0 Å². The van der Waals surface area contributed by atoms with Crippen molar-refractivity contribution in [1.82, 2.24) is 5.32 Å². The second-order valence-electron chi connectivity index (χ2n) is 5.24. The largest absolute Gasteiger partial charge is 0.459 e. The summed E-state index contributed by atoms with van der Waals surface area (Å²) in [6.07, 6.45) is -2.48. The van der Waals surface area contributed by atoms with Crippen LogP contribution in [0.25, 0.3) is 0 Å². The molecule has 0 amide bonds. The molecule has 1 N–H and O–H groups in total. The van der Waals surface area contributed by atoms with Crippen molar-refractivity contribution < 1.29 is 18.3 Å². The first-order valence-electron chi connectivity index (χ1n) is 6.07. The molecule has 0 aliphatic heterocycles. The molecule has 0 bridgehead atoms. The number of ether oxygens (including phenoxy) is 1. The molecular weight excluding hydrogens is 252 g/mol. The second-order valence-corrected chi connectivity index (χ2v) is 5.24. The molecule has 1 aromatic carbocycles.